The maximum atomic E-state index is 12.4. The molecule has 0 saturated heterocycles. The third-order valence-corrected chi connectivity index (χ3v) is 3.38. The van der Waals surface area contributed by atoms with Crippen molar-refractivity contribution in [3.8, 4) is 0 Å². The largest absolute Gasteiger partial charge is 0.480 e. The number of carbonyl (C=O) groups is 4. The lowest BCUT2D eigenvalue weighted by atomic mass is 10.1. The number of carboxylic acids is 1. The van der Waals surface area contributed by atoms with Crippen LogP contribution in [0.15, 0.2) is 4.99 Å². The summed E-state index contributed by atoms with van der Waals surface area (Å²) in [5.41, 5.74) is 15.6. The first kappa shape index (κ1) is 23.5. The van der Waals surface area contributed by atoms with E-state index >= 15 is 0 Å². The Kier molecular flexibility index (Phi) is 11.5. The van der Waals surface area contributed by atoms with E-state index in [-0.39, 0.29) is 31.2 Å². The Balaban J connectivity index is 4.84. The van der Waals surface area contributed by atoms with Crippen LogP contribution in [0.4, 0.5) is 0 Å². The summed E-state index contributed by atoms with van der Waals surface area (Å²) in [5, 5.41) is 15.5. The molecule has 3 amide bonds. The molecular formula is C13H25N7O5S. The molecule has 12 nitrogen and oxygen atoms in total. The fraction of sp³-hybridized carbons (Fsp3) is 0.615. The van der Waals surface area contributed by atoms with Gasteiger partial charge in [0.2, 0.25) is 17.7 Å². The predicted octanol–water partition coefficient (Wildman–Crippen LogP) is -3.90. The van der Waals surface area contributed by atoms with Crippen LogP contribution in [-0.4, -0.2) is 72.2 Å². The summed E-state index contributed by atoms with van der Waals surface area (Å²) in [7, 11) is 0. The van der Waals surface area contributed by atoms with E-state index in [1.54, 1.807) is 0 Å². The van der Waals surface area contributed by atoms with Crippen LogP contribution in [0.1, 0.15) is 12.8 Å². The van der Waals surface area contributed by atoms with Gasteiger partial charge in [-0.1, -0.05) is 0 Å². The average molecular weight is 391 g/mol. The van der Waals surface area contributed by atoms with Crippen molar-refractivity contribution in [1.29, 1.82) is 0 Å². The number of thiol groups is 1. The number of carbonyl (C=O) groups excluding carboxylic acids is 3. The molecule has 0 bridgehead atoms. The summed E-state index contributed by atoms with van der Waals surface area (Å²) in [6.07, 6.45) is 0.585. The second-order valence-electron chi connectivity index (χ2n) is 5.13. The van der Waals surface area contributed by atoms with Crippen molar-refractivity contribution in [2.24, 2.45) is 22.2 Å². The van der Waals surface area contributed by atoms with E-state index in [1.165, 1.54) is 0 Å². The molecule has 26 heavy (non-hydrogen) atoms. The Labute approximate surface area is 155 Å². The van der Waals surface area contributed by atoms with Crippen LogP contribution in [0.3, 0.4) is 0 Å². The zero-order chi connectivity index (χ0) is 20.1. The molecule has 10 N–H and O–H groups in total. The van der Waals surface area contributed by atoms with Gasteiger partial charge in [0, 0.05) is 12.3 Å². The lowest BCUT2D eigenvalue weighted by Crippen LogP contribution is -2.55. The van der Waals surface area contributed by atoms with Crippen LogP contribution in [0, 0.1) is 0 Å². The SMILES string of the molecule is NCC(=O)NC(CCCN=C(N)N)C(=O)NC(CS)C(=O)NCC(=O)O. The Morgan fingerprint density at radius 3 is 2.23 bits per heavy atom. The van der Waals surface area contributed by atoms with Gasteiger partial charge < -0.3 is 38.3 Å². The number of amides is 3. The maximum absolute atomic E-state index is 12.4. The molecule has 0 aliphatic rings. The van der Waals surface area contributed by atoms with Gasteiger partial charge in [0.05, 0.1) is 6.54 Å². The molecule has 2 atom stereocenters. The Hall–Kier alpha value is -2.54. The Morgan fingerprint density at radius 2 is 1.73 bits per heavy atom. The van der Waals surface area contributed by atoms with E-state index in [2.05, 4.69) is 33.6 Å². The van der Waals surface area contributed by atoms with Crippen molar-refractivity contribution in [3.05, 3.63) is 0 Å². The van der Waals surface area contributed by atoms with Gasteiger partial charge in [-0.3, -0.25) is 24.2 Å². The van der Waals surface area contributed by atoms with Crippen molar-refractivity contribution in [2.45, 2.75) is 24.9 Å². The molecule has 0 aliphatic heterocycles. The molecule has 0 saturated carbocycles. The van der Waals surface area contributed by atoms with Gasteiger partial charge in [-0.05, 0) is 12.8 Å². The summed E-state index contributed by atoms with van der Waals surface area (Å²) in [5.74, 6) is -3.29. The minimum absolute atomic E-state index is 0.0667. The first-order chi connectivity index (χ1) is 12.2. The highest BCUT2D eigenvalue weighted by Gasteiger charge is 2.25. The van der Waals surface area contributed by atoms with Gasteiger partial charge in [0.1, 0.15) is 18.6 Å². The highest BCUT2D eigenvalue weighted by atomic mass is 32.1. The molecule has 148 valence electrons. The van der Waals surface area contributed by atoms with Crippen molar-refractivity contribution in [2.75, 3.05) is 25.4 Å². The molecule has 0 aromatic carbocycles. The molecule has 0 heterocycles. The molecule has 0 aliphatic carbocycles. The van der Waals surface area contributed by atoms with E-state index < -0.39 is 42.3 Å². The van der Waals surface area contributed by atoms with E-state index in [0.29, 0.717) is 6.42 Å². The summed E-state index contributed by atoms with van der Waals surface area (Å²) in [4.78, 5) is 50.0. The van der Waals surface area contributed by atoms with E-state index in [0.717, 1.165) is 0 Å². The number of nitrogens with two attached hydrogens (primary N) is 3. The van der Waals surface area contributed by atoms with Crippen LogP contribution in [-0.2, 0) is 19.2 Å². The Morgan fingerprint density at radius 1 is 1.08 bits per heavy atom. The van der Waals surface area contributed by atoms with E-state index in [9.17, 15) is 19.2 Å². The van der Waals surface area contributed by atoms with Crippen LogP contribution < -0.4 is 33.2 Å². The number of aliphatic imine (C=N–C) groups is 1. The number of hydrogen-bond acceptors (Lipinski definition) is 7. The monoisotopic (exact) mass is 391 g/mol. The lowest BCUT2D eigenvalue weighted by Gasteiger charge is -2.21. The third kappa shape index (κ3) is 10.4. The summed E-state index contributed by atoms with van der Waals surface area (Å²) in [6, 6.07) is -2.03. The molecule has 0 fully saturated rings. The first-order valence-corrected chi connectivity index (χ1v) is 8.30. The number of nitrogens with one attached hydrogen (secondary N) is 3. The van der Waals surface area contributed by atoms with Gasteiger partial charge in [-0.15, -0.1) is 0 Å². The Bertz CT molecular complexity index is 539. The molecule has 0 radical (unpaired) electrons. The lowest BCUT2D eigenvalue weighted by molar-refractivity contribution is -0.138. The summed E-state index contributed by atoms with van der Waals surface area (Å²) >= 11 is 3.96. The van der Waals surface area contributed by atoms with Gasteiger partial charge in [0.15, 0.2) is 5.96 Å². The van der Waals surface area contributed by atoms with Gasteiger partial charge in [-0.2, -0.15) is 12.6 Å². The minimum Gasteiger partial charge on any atom is -0.480 e. The van der Waals surface area contributed by atoms with Crippen LogP contribution in [0.25, 0.3) is 0 Å². The molecule has 13 heteroatoms. The van der Waals surface area contributed by atoms with Crippen molar-refractivity contribution in [1.82, 2.24) is 16.0 Å². The van der Waals surface area contributed by atoms with E-state index in [1.807, 2.05) is 0 Å². The zero-order valence-electron chi connectivity index (χ0n) is 14.1. The number of nitrogens with zero attached hydrogens (tertiary/aromatic N) is 1. The fourth-order valence-corrected chi connectivity index (χ4v) is 2.04. The van der Waals surface area contributed by atoms with E-state index in [4.69, 9.17) is 22.3 Å². The quantitative estimate of drug-likeness (QED) is 0.0710. The van der Waals surface area contributed by atoms with Crippen molar-refractivity contribution < 1.29 is 24.3 Å². The predicted molar refractivity (Wildman–Crippen MR) is 97.3 cm³/mol. The number of carboxylic acid groups (broad SMARTS) is 1. The number of rotatable bonds is 12. The minimum atomic E-state index is -1.23. The summed E-state index contributed by atoms with van der Waals surface area (Å²) < 4.78 is 0. The molecular weight excluding hydrogens is 366 g/mol. The second kappa shape index (κ2) is 12.8. The average Bonchev–Trinajstić information content (AvgIpc) is 2.59. The van der Waals surface area contributed by atoms with Gasteiger partial charge in [0.25, 0.3) is 0 Å². The fourth-order valence-electron chi connectivity index (χ4n) is 1.78. The van der Waals surface area contributed by atoms with Crippen LogP contribution in [0.5, 0.6) is 0 Å². The molecule has 0 aromatic heterocycles. The molecule has 2 unspecified atom stereocenters. The second-order valence-corrected chi connectivity index (χ2v) is 5.49. The highest BCUT2D eigenvalue weighted by molar-refractivity contribution is 7.80. The number of aliphatic carboxylic acids is 1. The van der Waals surface area contributed by atoms with Gasteiger partial charge >= 0.3 is 5.97 Å². The van der Waals surface area contributed by atoms with Crippen LogP contribution >= 0.6 is 12.6 Å². The molecule has 0 aromatic rings. The normalized spacial score (nSPS) is 12.4. The number of hydrogen-bond donors (Lipinski definition) is 8. The van der Waals surface area contributed by atoms with Gasteiger partial charge in [-0.25, -0.2) is 0 Å². The summed E-state index contributed by atoms with van der Waals surface area (Å²) in [6.45, 7) is -0.655. The highest BCUT2D eigenvalue weighted by Crippen LogP contribution is 2.00. The van der Waals surface area contributed by atoms with Crippen LogP contribution in [0.2, 0.25) is 0 Å². The van der Waals surface area contributed by atoms with Crippen molar-refractivity contribution in [3.63, 3.8) is 0 Å². The zero-order valence-corrected chi connectivity index (χ0v) is 15.0. The smallest absolute Gasteiger partial charge is 0.322 e. The maximum Gasteiger partial charge on any atom is 0.322 e. The topological polar surface area (TPSA) is 215 Å². The standard InChI is InChI=1S/C13H25N7O5S/c14-4-9(21)19-7(2-1-3-17-13(15)16)12(25)20-8(6-26)11(24)18-5-10(22)23/h7-8,26H,1-6,14H2,(H,18,24)(H,19,21)(H,20,25)(H,22,23)(H4,15,16,17). The molecule has 0 rings (SSSR count). The van der Waals surface area contributed by atoms with Crippen molar-refractivity contribution >= 4 is 42.3 Å². The number of guanidine groups is 1. The third-order valence-electron chi connectivity index (χ3n) is 3.01. The first-order valence-electron chi connectivity index (χ1n) is 7.66. The molecule has 0 spiro atoms.